The van der Waals surface area contributed by atoms with Gasteiger partial charge in [0.2, 0.25) is 5.91 Å². The molecular formula is C18H19NO3. The molecule has 22 heavy (non-hydrogen) atoms. The van der Waals surface area contributed by atoms with Gasteiger partial charge in [-0.25, -0.2) is 0 Å². The van der Waals surface area contributed by atoms with Crippen LogP contribution in [-0.2, 0) is 17.8 Å². The Bertz CT molecular complexity index is 692. The third kappa shape index (κ3) is 2.28. The Morgan fingerprint density at radius 1 is 1.32 bits per heavy atom. The van der Waals surface area contributed by atoms with Crippen molar-refractivity contribution in [3.63, 3.8) is 0 Å². The summed E-state index contributed by atoms with van der Waals surface area (Å²) in [5.41, 5.74) is 2.53. The Kier molecular flexibility index (Phi) is 3.17. The number of amides is 1. The molecule has 1 aliphatic heterocycles. The summed E-state index contributed by atoms with van der Waals surface area (Å²) >= 11 is 0. The molecule has 0 saturated heterocycles. The van der Waals surface area contributed by atoms with Crippen molar-refractivity contribution in [2.75, 3.05) is 13.7 Å². The summed E-state index contributed by atoms with van der Waals surface area (Å²) in [5, 5.41) is 0. The Hall–Kier alpha value is -2.23. The first-order valence-corrected chi connectivity index (χ1v) is 7.74. The average molecular weight is 297 g/mol. The Labute approximate surface area is 129 Å². The highest BCUT2D eigenvalue weighted by Gasteiger charge is 2.47. The molecular weight excluding hydrogens is 278 g/mol. The zero-order valence-electron chi connectivity index (χ0n) is 12.6. The van der Waals surface area contributed by atoms with E-state index in [1.807, 2.05) is 29.2 Å². The summed E-state index contributed by atoms with van der Waals surface area (Å²) in [5.74, 6) is 2.42. The first kappa shape index (κ1) is 13.4. The van der Waals surface area contributed by atoms with Gasteiger partial charge >= 0.3 is 0 Å². The van der Waals surface area contributed by atoms with Crippen LogP contribution in [0.1, 0.15) is 29.2 Å². The molecule has 0 N–H and O–H groups in total. The summed E-state index contributed by atoms with van der Waals surface area (Å²) in [6.45, 7) is 1.49. The third-order valence-electron chi connectivity index (χ3n) is 4.75. The van der Waals surface area contributed by atoms with E-state index in [4.69, 9.17) is 9.15 Å². The van der Waals surface area contributed by atoms with Crippen LogP contribution >= 0.6 is 0 Å². The van der Waals surface area contributed by atoms with E-state index in [0.29, 0.717) is 6.54 Å². The minimum atomic E-state index is 0.0957. The van der Waals surface area contributed by atoms with Gasteiger partial charge in [-0.2, -0.15) is 0 Å². The van der Waals surface area contributed by atoms with Crippen LogP contribution in [0, 0.1) is 5.92 Å². The molecule has 2 aliphatic rings. The van der Waals surface area contributed by atoms with Gasteiger partial charge in [-0.05, 0) is 48.2 Å². The van der Waals surface area contributed by atoms with Crippen molar-refractivity contribution in [2.24, 2.45) is 5.92 Å². The van der Waals surface area contributed by atoms with Crippen molar-refractivity contribution in [1.82, 2.24) is 4.90 Å². The lowest BCUT2D eigenvalue weighted by Gasteiger charge is -2.29. The molecule has 1 aromatic carbocycles. The fraction of sp³-hybridized carbons (Fsp3) is 0.389. The molecule has 4 rings (SSSR count). The average Bonchev–Trinajstić information content (AvgIpc) is 3.17. The molecule has 1 fully saturated rings. The second-order valence-electron chi connectivity index (χ2n) is 6.11. The van der Waals surface area contributed by atoms with Gasteiger partial charge in [0.15, 0.2) is 0 Å². The summed E-state index contributed by atoms with van der Waals surface area (Å²) in [4.78, 5) is 14.7. The Balaban J connectivity index is 1.47. The van der Waals surface area contributed by atoms with Crippen LogP contribution in [0.5, 0.6) is 5.75 Å². The summed E-state index contributed by atoms with van der Waals surface area (Å²) in [6.07, 6.45) is 3.51. The van der Waals surface area contributed by atoms with E-state index in [2.05, 4.69) is 6.07 Å². The third-order valence-corrected chi connectivity index (χ3v) is 4.75. The lowest BCUT2D eigenvalue weighted by Crippen LogP contribution is -2.37. The van der Waals surface area contributed by atoms with E-state index in [1.165, 1.54) is 11.1 Å². The highest BCUT2D eigenvalue weighted by molar-refractivity contribution is 5.83. The van der Waals surface area contributed by atoms with Crippen molar-refractivity contribution in [3.05, 3.63) is 53.5 Å². The summed E-state index contributed by atoms with van der Waals surface area (Å²) in [7, 11) is 1.67. The van der Waals surface area contributed by atoms with Crippen LogP contribution < -0.4 is 4.74 Å². The van der Waals surface area contributed by atoms with Crippen molar-refractivity contribution < 1.29 is 13.9 Å². The van der Waals surface area contributed by atoms with Gasteiger partial charge in [-0.1, -0.05) is 6.07 Å². The van der Waals surface area contributed by atoms with Crippen LogP contribution in [0.2, 0.25) is 0 Å². The Morgan fingerprint density at radius 2 is 2.23 bits per heavy atom. The van der Waals surface area contributed by atoms with Crippen LogP contribution in [0.4, 0.5) is 0 Å². The standard InChI is InChI=1S/C18H19NO3/c1-21-14-5-4-12-6-7-19(11-13(12)9-14)18(20)16-10-15(16)17-3-2-8-22-17/h2-5,8-9,15-16H,6-7,10-11H2,1H3/t15-,16-/m0/s1. The molecule has 0 bridgehead atoms. The van der Waals surface area contributed by atoms with Crippen LogP contribution in [0.3, 0.4) is 0 Å². The van der Waals surface area contributed by atoms with Gasteiger partial charge < -0.3 is 14.1 Å². The fourth-order valence-corrected chi connectivity index (χ4v) is 3.37. The van der Waals surface area contributed by atoms with Gasteiger partial charge in [0, 0.05) is 24.9 Å². The number of benzene rings is 1. The van der Waals surface area contributed by atoms with E-state index in [-0.39, 0.29) is 17.7 Å². The molecule has 4 nitrogen and oxygen atoms in total. The largest absolute Gasteiger partial charge is 0.497 e. The van der Waals surface area contributed by atoms with Crippen LogP contribution in [0.15, 0.2) is 41.0 Å². The smallest absolute Gasteiger partial charge is 0.226 e. The summed E-state index contributed by atoms with van der Waals surface area (Å²) in [6, 6.07) is 10.0. The lowest BCUT2D eigenvalue weighted by molar-refractivity contribution is -0.133. The minimum Gasteiger partial charge on any atom is -0.497 e. The quantitative estimate of drug-likeness (QED) is 0.874. The van der Waals surface area contributed by atoms with Crippen molar-refractivity contribution in [3.8, 4) is 5.75 Å². The second kappa shape index (κ2) is 5.20. The van der Waals surface area contributed by atoms with E-state index >= 15 is 0 Å². The SMILES string of the molecule is COc1ccc2c(c1)CN(C(=O)[C@H]1C[C@@H]1c1ccco1)CC2. The van der Waals surface area contributed by atoms with Gasteiger partial charge in [0.25, 0.3) is 0 Å². The van der Waals surface area contributed by atoms with Gasteiger partial charge in [0.05, 0.1) is 13.4 Å². The Morgan fingerprint density at radius 3 is 3.00 bits per heavy atom. The molecule has 1 aliphatic carbocycles. The molecule has 2 atom stereocenters. The predicted molar refractivity (Wildman–Crippen MR) is 81.7 cm³/mol. The second-order valence-corrected chi connectivity index (χ2v) is 6.11. The zero-order valence-corrected chi connectivity index (χ0v) is 12.6. The van der Waals surface area contributed by atoms with E-state index in [1.54, 1.807) is 13.4 Å². The number of hydrogen-bond acceptors (Lipinski definition) is 3. The van der Waals surface area contributed by atoms with E-state index < -0.39 is 0 Å². The zero-order chi connectivity index (χ0) is 15.1. The van der Waals surface area contributed by atoms with Gasteiger partial charge in [-0.15, -0.1) is 0 Å². The number of hydrogen-bond donors (Lipinski definition) is 0. The molecule has 2 aromatic rings. The number of rotatable bonds is 3. The fourth-order valence-electron chi connectivity index (χ4n) is 3.37. The van der Waals surface area contributed by atoms with Crippen molar-refractivity contribution in [2.45, 2.75) is 25.3 Å². The minimum absolute atomic E-state index is 0.0957. The maximum Gasteiger partial charge on any atom is 0.226 e. The molecule has 4 heteroatoms. The van der Waals surface area contributed by atoms with Crippen LogP contribution in [-0.4, -0.2) is 24.5 Å². The number of ether oxygens (including phenoxy) is 1. The van der Waals surface area contributed by atoms with E-state index in [9.17, 15) is 4.79 Å². The number of nitrogens with zero attached hydrogens (tertiary/aromatic N) is 1. The molecule has 2 heterocycles. The first-order chi connectivity index (χ1) is 10.8. The van der Waals surface area contributed by atoms with Gasteiger partial charge in [0.1, 0.15) is 11.5 Å². The van der Waals surface area contributed by atoms with Gasteiger partial charge in [-0.3, -0.25) is 4.79 Å². The first-order valence-electron chi connectivity index (χ1n) is 7.74. The monoisotopic (exact) mass is 297 g/mol. The number of methoxy groups -OCH3 is 1. The summed E-state index contributed by atoms with van der Waals surface area (Å²) < 4.78 is 10.7. The van der Waals surface area contributed by atoms with Crippen molar-refractivity contribution in [1.29, 1.82) is 0 Å². The normalized spacial score (nSPS) is 23.0. The molecule has 0 radical (unpaired) electrons. The molecule has 0 spiro atoms. The molecule has 1 saturated carbocycles. The number of fused-ring (bicyclic) bond motifs is 1. The van der Waals surface area contributed by atoms with E-state index in [0.717, 1.165) is 30.9 Å². The maximum atomic E-state index is 12.7. The molecule has 114 valence electrons. The predicted octanol–water partition coefficient (Wildman–Crippen LogP) is 2.98. The highest BCUT2D eigenvalue weighted by atomic mass is 16.5. The molecule has 1 aromatic heterocycles. The molecule has 1 amide bonds. The number of carbonyl (C=O) groups is 1. The molecule has 0 unspecified atom stereocenters. The highest BCUT2D eigenvalue weighted by Crippen LogP contribution is 2.49. The lowest BCUT2D eigenvalue weighted by atomic mass is 9.99. The van der Waals surface area contributed by atoms with Crippen LogP contribution in [0.25, 0.3) is 0 Å². The van der Waals surface area contributed by atoms with Crippen molar-refractivity contribution >= 4 is 5.91 Å². The maximum absolute atomic E-state index is 12.7. The topological polar surface area (TPSA) is 42.7 Å². The number of furan rings is 1. The number of carbonyl (C=O) groups excluding carboxylic acids is 1.